The van der Waals surface area contributed by atoms with Crippen LogP contribution in [0.3, 0.4) is 0 Å². The first kappa shape index (κ1) is 19.8. The van der Waals surface area contributed by atoms with E-state index in [4.69, 9.17) is 4.74 Å². The number of hydrogen-bond acceptors (Lipinski definition) is 5. The molecule has 28 heavy (non-hydrogen) atoms. The van der Waals surface area contributed by atoms with Gasteiger partial charge in [0.25, 0.3) is 0 Å². The first-order chi connectivity index (χ1) is 13.5. The summed E-state index contributed by atoms with van der Waals surface area (Å²) >= 11 is 1.54. The molecular weight excluding hydrogens is 368 g/mol. The lowest BCUT2D eigenvalue weighted by Crippen LogP contribution is -2.08. The predicted molar refractivity (Wildman–Crippen MR) is 118 cm³/mol. The number of methoxy groups -OCH3 is 1. The molecule has 1 aromatic heterocycles. The van der Waals surface area contributed by atoms with Crippen molar-refractivity contribution in [3.05, 3.63) is 81.7 Å². The molecule has 0 aliphatic rings. The fraction of sp³-hybridized carbons (Fsp3) is 0.217. The van der Waals surface area contributed by atoms with Crippen molar-refractivity contribution in [2.75, 3.05) is 26.1 Å². The average molecular weight is 393 g/mol. The maximum absolute atomic E-state index is 12.4. The SMILES string of the molecule is COC(=O)c1c(N=Cc2ccc(N(C)C)cc2)sc(Cc2ccccc2)c1C. The maximum Gasteiger partial charge on any atom is 0.341 e. The molecular formula is C23H24N2O2S. The Morgan fingerprint density at radius 2 is 1.79 bits per heavy atom. The molecule has 0 N–H and O–H groups in total. The van der Waals surface area contributed by atoms with Gasteiger partial charge < -0.3 is 9.64 Å². The Kier molecular flexibility index (Phi) is 6.26. The summed E-state index contributed by atoms with van der Waals surface area (Å²) in [5.74, 6) is -0.344. The van der Waals surface area contributed by atoms with Crippen LogP contribution in [0.15, 0.2) is 59.6 Å². The number of ether oxygens (including phenoxy) is 1. The van der Waals surface area contributed by atoms with E-state index in [0.717, 1.165) is 28.1 Å². The van der Waals surface area contributed by atoms with Crippen LogP contribution in [0.2, 0.25) is 0 Å². The molecule has 4 nitrogen and oxygen atoms in total. The van der Waals surface area contributed by atoms with Gasteiger partial charge in [-0.3, -0.25) is 0 Å². The number of anilines is 1. The molecule has 2 aromatic carbocycles. The minimum Gasteiger partial charge on any atom is -0.465 e. The van der Waals surface area contributed by atoms with Crippen molar-refractivity contribution in [3.63, 3.8) is 0 Å². The third kappa shape index (κ3) is 4.49. The predicted octanol–water partition coefficient (Wildman–Crippen LogP) is 5.25. The molecule has 0 aliphatic carbocycles. The molecule has 0 aliphatic heterocycles. The van der Waals surface area contributed by atoms with E-state index in [1.165, 1.54) is 12.7 Å². The highest BCUT2D eigenvalue weighted by Crippen LogP contribution is 2.37. The van der Waals surface area contributed by atoms with Crippen LogP contribution in [0.5, 0.6) is 0 Å². The van der Waals surface area contributed by atoms with Crippen LogP contribution in [-0.2, 0) is 11.2 Å². The molecule has 3 aromatic rings. The lowest BCUT2D eigenvalue weighted by molar-refractivity contribution is 0.0601. The number of thiophene rings is 1. The zero-order chi connectivity index (χ0) is 20.1. The quantitative estimate of drug-likeness (QED) is 0.425. The van der Waals surface area contributed by atoms with Crippen molar-refractivity contribution in [2.24, 2.45) is 4.99 Å². The van der Waals surface area contributed by atoms with E-state index in [0.29, 0.717) is 10.6 Å². The monoisotopic (exact) mass is 392 g/mol. The number of carbonyl (C=O) groups is 1. The molecule has 3 rings (SSSR count). The molecule has 5 heteroatoms. The largest absolute Gasteiger partial charge is 0.465 e. The van der Waals surface area contributed by atoms with Crippen LogP contribution >= 0.6 is 11.3 Å². The summed E-state index contributed by atoms with van der Waals surface area (Å²) in [4.78, 5) is 20.2. The fourth-order valence-corrected chi connectivity index (χ4v) is 4.09. The van der Waals surface area contributed by atoms with Gasteiger partial charge in [0.2, 0.25) is 0 Å². The molecule has 144 valence electrons. The second kappa shape index (κ2) is 8.85. The van der Waals surface area contributed by atoms with Gasteiger partial charge in [-0.05, 0) is 35.7 Å². The van der Waals surface area contributed by atoms with Crippen molar-refractivity contribution in [3.8, 4) is 0 Å². The summed E-state index contributed by atoms with van der Waals surface area (Å²) in [6, 6.07) is 18.3. The number of benzene rings is 2. The Morgan fingerprint density at radius 1 is 1.11 bits per heavy atom. The molecule has 0 spiro atoms. The standard InChI is InChI=1S/C23H24N2O2S/c1-16-20(14-17-8-6-5-7-9-17)28-22(21(16)23(26)27-4)24-15-18-10-12-19(13-11-18)25(2)3/h5-13,15H,14H2,1-4H3. The molecule has 0 atom stereocenters. The van der Waals surface area contributed by atoms with Gasteiger partial charge in [0.15, 0.2) is 0 Å². The Hall–Kier alpha value is -2.92. The van der Waals surface area contributed by atoms with Crippen LogP contribution in [0.4, 0.5) is 10.7 Å². The second-order valence-corrected chi connectivity index (χ2v) is 7.81. The van der Waals surface area contributed by atoms with Gasteiger partial charge in [-0.2, -0.15) is 0 Å². The molecule has 0 saturated carbocycles. The maximum atomic E-state index is 12.4. The lowest BCUT2D eigenvalue weighted by Gasteiger charge is -2.11. The van der Waals surface area contributed by atoms with Gasteiger partial charge in [-0.15, -0.1) is 11.3 Å². The van der Waals surface area contributed by atoms with E-state index >= 15 is 0 Å². The van der Waals surface area contributed by atoms with E-state index in [1.54, 1.807) is 17.6 Å². The van der Waals surface area contributed by atoms with Crippen molar-refractivity contribution in [2.45, 2.75) is 13.3 Å². The van der Waals surface area contributed by atoms with E-state index < -0.39 is 0 Å². The first-order valence-electron chi connectivity index (χ1n) is 9.05. The van der Waals surface area contributed by atoms with E-state index in [9.17, 15) is 4.79 Å². The summed E-state index contributed by atoms with van der Waals surface area (Å²) < 4.78 is 5.00. The molecule has 0 radical (unpaired) electrons. The number of hydrogen-bond donors (Lipinski definition) is 0. The van der Waals surface area contributed by atoms with Crippen LogP contribution in [0.25, 0.3) is 0 Å². The smallest absolute Gasteiger partial charge is 0.341 e. The Labute approximate surface area is 170 Å². The molecule has 1 heterocycles. The average Bonchev–Trinajstić information content (AvgIpc) is 3.02. The number of aliphatic imine (C=N–C) groups is 1. The Balaban J connectivity index is 1.92. The molecule has 0 fully saturated rings. The van der Waals surface area contributed by atoms with E-state index in [1.807, 2.05) is 63.5 Å². The van der Waals surface area contributed by atoms with E-state index in [-0.39, 0.29) is 5.97 Å². The highest BCUT2D eigenvalue weighted by atomic mass is 32.1. The first-order valence-corrected chi connectivity index (χ1v) is 9.87. The van der Waals surface area contributed by atoms with Crippen molar-refractivity contribution in [1.29, 1.82) is 0 Å². The van der Waals surface area contributed by atoms with Gasteiger partial charge in [0.05, 0.1) is 12.7 Å². The lowest BCUT2D eigenvalue weighted by atomic mass is 10.1. The third-order valence-corrected chi connectivity index (χ3v) is 5.76. The zero-order valence-electron chi connectivity index (χ0n) is 16.6. The van der Waals surface area contributed by atoms with Crippen LogP contribution < -0.4 is 4.90 Å². The summed E-state index contributed by atoms with van der Waals surface area (Å²) in [6.07, 6.45) is 2.57. The van der Waals surface area contributed by atoms with Gasteiger partial charge in [-0.1, -0.05) is 42.5 Å². The number of esters is 1. The van der Waals surface area contributed by atoms with Crippen LogP contribution in [0.1, 0.15) is 31.9 Å². The molecule has 0 bridgehead atoms. The molecule has 0 saturated heterocycles. The van der Waals surface area contributed by atoms with Gasteiger partial charge >= 0.3 is 5.97 Å². The summed E-state index contributed by atoms with van der Waals surface area (Å²) in [7, 11) is 5.42. The minimum atomic E-state index is -0.344. The summed E-state index contributed by atoms with van der Waals surface area (Å²) in [5.41, 5.74) is 4.81. The fourth-order valence-electron chi connectivity index (χ4n) is 2.92. The topological polar surface area (TPSA) is 41.9 Å². The van der Waals surface area contributed by atoms with Crippen molar-refractivity contribution >= 4 is 34.2 Å². The normalized spacial score (nSPS) is 11.0. The Morgan fingerprint density at radius 3 is 2.39 bits per heavy atom. The van der Waals surface area contributed by atoms with Gasteiger partial charge in [-0.25, -0.2) is 9.79 Å². The van der Waals surface area contributed by atoms with Crippen LogP contribution in [-0.4, -0.2) is 33.4 Å². The van der Waals surface area contributed by atoms with Crippen molar-refractivity contribution in [1.82, 2.24) is 0 Å². The Bertz CT molecular complexity index is 974. The number of rotatable bonds is 6. The van der Waals surface area contributed by atoms with Gasteiger partial charge in [0.1, 0.15) is 5.00 Å². The number of carbonyl (C=O) groups excluding carboxylic acids is 1. The molecule has 0 unspecified atom stereocenters. The summed E-state index contributed by atoms with van der Waals surface area (Å²) in [6.45, 7) is 1.96. The van der Waals surface area contributed by atoms with E-state index in [2.05, 4.69) is 22.0 Å². The minimum absolute atomic E-state index is 0.344. The molecule has 0 amide bonds. The third-order valence-electron chi connectivity index (χ3n) is 4.56. The van der Waals surface area contributed by atoms with Crippen molar-refractivity contribution < 1.29 is 9.53 Å². The number of nitrogens with zero attached hydrogens (tertiary/aromatic N) is 2. The second-order valence-electron chi connectivity index (χ2n) is 6.73. The summed E-state index contributed by atoms with van der Waals surface area (Å²) in [5, 5.41) is 0.687. The highest BCUT2D eigenvalue weighted by molar-refractivity contribution is 7.16. The highest BCUT2D eigenvalue weighted by Gasteiger charge is 2.21. The van der Waals surface area contributed by atoms with Gasteiger partial charge in [0, 0.05) is 37.3 Å². The zero-order valence-corrected chi connectivity index (χ0v) is 17.4. The van der Waals surface area contributed by atoms with Crippen LogP contribution in [0, 0.1) is 6.92 Å².